The summed E-state index contributed by atoms with van der Waals surface area (Å²) in [4.78, 5) is 18.3. The molecular formula is C19H23N3O4S. The minimum Gasteiger partial charge on any atom is -0.377 e. The molecule has 1 N–H and O–H groups in total. The van der Waals surface area contributed by atoms with Gasteiger partial charge in [-0.25, -0.2) is 13.1 Å². The molecule has 0 radical (unpaired) electrons. The quantitative estimate of drug-likeness (QED) is 0.780. The fourth-order valence-electron chi connectivity index (χ4n) is 2.95. The van der Waals surface area contributed by atoms with Crippen molar-refractivity contribution in [3.05, 3.63) is 59.9 Å². The first kappa shape index (κ1) is 19.5. The van der Waals surface area contributed by atoms with Crippen LogP contribution in [0.3, 0.4) is 0 Å². The largest absolute Gasteiger partial charge is 0.377 e. The molecular weight excluding hydrogens is 366 g/mol. The van der Waals surface area contributed by atoms with Crippen LogP contribution in [-0.4, -0.2) is 50.5 Å². The predicted octanol–water partition coefficient (Wildman–Crippen LogP) is 1.81. The first-order chi connectivity index (χ1) is 13.0. The Balaban J connectivity index is 1.69. The smallest absolute Gasteiger partial charge is 0.253 e. The summed E-state index contributed by atoms with van der Waals surface area (Å²) in [5.41, 5.74) is 1.22. The second kappa shape index (κ2) is 8.60. The summed E-state index contributed by atoms with van der Waals surface area (Å²) in [5.74, 6) is -0.255. The zero-order chi connectivity index (χ0) is 19.3. The molecule has 7 nitrogen and oxygen atoms in total. The average molecular weight is 389 g/mol. The van der Waals surface area contributed by atoms with Gasteiger partial charge in [0.1, 0.15) is 0 Å². The number of rotatable bonds is 7. The van der Waals surface area contributed by atoms with Crippen LogP contribution in [0.2, 0.25) is 0 Å². The highest BCUT2D eigenvalue weighted by Crippen LogP contribution is 2.16. The average Bonchev–Trinajstić information content (AvgIpc) is 3.20. The fraction of sp³-hybridized carbons (Fsp3) is 0.368. The third-order valence-electron chi connectivity index (χ3n) is 4.41. The number of nitrogens with one attached hydrogen (secondary N) is 1. The minimum absolute atomic E-state index is 0.0705. The molecule has 0 bridgehead atoms. The van der Waals surface area contributed by atoms with Crippen molar-refractivity contribution in [1.29, 1.82) is 0 Å². The van der Waals surface area contributed by atoms with E-state index < -0.39 is 10.0 Å². The van der Waals surface area contributed by atoms with Crippen LogP contribution in [0.1, 0.15) is 28.8 Å². The topological polar surface area (TPSA) is 88.6 Å². The Kier molecular flexibility index (Phi) is 6.20. The first-order valence-electron chi connectivity index (χ1n) is 8.81. The number of ether oxygens (including phenoxy) is 1. The van der Waals surface area contributed by atoms with Crippen molar-refractivity contribution in [3.8, 4) is 0 Å². The van der Waals surface area contributed by atoms with Gasteiger partial charge in [-0.1, -0.05) is 12.1 Å². The number of benzene rings is 1. The Hall–Kier alpha value is -2.29. The maximum absolute atomic E-state index is 12.7. The van der Waals surface area contributed by atoms with Gasteiger partial charge in [-0.3, -0.25) is 9.78 Å². The molecule has 1 amide bonds. The normalized spacial score (nSPS) is 17.0. The predicted molar refractivity (Wildman–Crippen MR) is 101 cm³/mol. The van der Waals surface area contributed by atoms with E-state index in [9.17, 15) is 13.2 Å². The Morgan fingerprint density at radius 1 is 1.33 bits per heavy atom. The maximum Gasteiger partial charge on any atom is 0.253 e. The summed E-state index contributed by atoms with van der Waals surface area (Å²) in [5, 5.41) is 0. The number of pyridine rings is 1. The fourth-order valence-corrected chi connectivity index (χ4v) is 4.06. The van der Waals surface area contributed by atoms with E-state index in [0.29, 0.717) is 18.7 Å². The second-order valence-electron chi connectivity index (χ2n) is 6.54. The summed E-state index contributed by atoms with van der Waals surface area (Å²) in [6, 6.07) is 9.76. The molecule has 1 aromatic carbocycles. The molecule has 1 aliphatic rings. The first-order valence-corrected chi connectivity index (χ1v) is 10.3. The van der Waals surface area contributed by atoms with E-state index in [2.05, 4.69) is 9.71 Å². The second-order valence-corrected chi connectivity index (χ2v) is 8.30. The lowest BCUT2D eigenvalue weighted by atomic mass is 10.2. The number of carbonyl (C=O) groups is 1. The molecule has 1 aromatic heterocycles. The van der Waals surface area contributed by atoms with Crippen molar-refractivity contribution in [1.82, 2.24) is 14.6 Å². The third kappa shape index (κ3) is 5.12. The highest BCUT2D eigenvalue weighted by Gasteiger charge is 2.21. The van der Waals surface area contributed by atoms with E-state index in [0.717, 1.165) is 18.4 Å². The lowest BCUT2D eigenvalue weighted by Crippen LogP contribution is -2.32. The summed E-state index contributed by atoms with van der Waals surface area (Å²) < 4.78 is 33.1. The number of nitrogens with zero attached hydrogens (tertiary/aromatic N) is 2. The van der Waals surface area contributed by atoms with Crippen LogP contribution in [-0.2, 0) is 21.3 Å². The lowest BCUT2D eigenvalue weighted by molar-refractivity contribution is 0.0784. The molecule has 1 atom stereocenters. The lowest BCUT2D eigenvalue weighted by Gasteiger charge is -2.18. The van der Waals surface area contributed by atoms with Crippen molar-refractivity contribution in [3.63, 3.8) is 0 Å². The molecule has 0 saturated carbocycles. The minimum atomic E-state index is -3.70. The Labute approximate surface area is 159 Å². The molecule has 8 heteroatoms. The van der Waals surface area contributed by atoms with Crippen molar-refractivity contribution in [2.45, 2.75) is 30.4 Å². The van der Waals surface area contributed by atoms with E-state index in [-0.39, 0.29) is 23.5 Å². The van der Waals surface area contributed by atoms with Crippen molar-refractivity contribution < 1.29 is 17.9 Å². The monoisotopic (exact) mass is 389 g/mol. The number of amides is 1. The molecule has 0 aliphatic carbocycles. The molecule has 2 aromatic rings. The Morgan fingerprint density at radius 2 is 2.19 bits per heavy atom. The molecule has 0 spiro atoms. The van der Waals surface area contributed by atoms with Gasteiger partial charge in [0.2, 0.25) is 10.0 Å². The number of aromatic nitrogens is 1. The van der Waals surface area contributed by atoms with Gasteiger partial charge in [0.15, 0.2) is 0 Å². The molecule has 144 valence electrons. The van der Waals surface area contributed by atoms with E-state index in [1.165, 1.54) is 17.0 Å². The summed E-state index contributed by atoms with van der Waals surface area (Å²) in [6.45, 7) is 1.29. The van der Waals surface area contributed by atoms with E-state index >= 15 is 0 Å². The third-order valence-corrected chi connectivity index (χ3v) is 5.83. The van der Waals surface area contributed by atoms with E-state index in [4.69, 9.17) is 4.74 Å². The summed E-state index contributed by atoms with van der Waals surface area (Å²) in [6.07, 6.45) is 5.07. The van der Waals surface area contributed by atoms with Gasteiger partial charge < -0.3 is 9.64 Å². The number of sulfonamides is 1. The molecule has 0 unspecified atom stereocenters. The molecule has 1 saturated heterocycles. The maximum atomic E-state index is 12.7. The standard InChI is InChI=1S/C19H23N3O4S/c1-22(14-15-5-3-9-20-12-15)19(23)16-6-2-8-18(11-16)27(24,25)21-13-17-7-4-10-26-17/h2-3,5-6,8-9,11-12,17,21H,4,7,10,13-14H2,1H3/t17-/m1/s1. The van der Waals surface area contributed by atoms with Crippen molar-refractivity contribution >= 4 is 15.9 Å². The van der Waals surface area contributed by atoms with Crippen LogP contribution in [0.15, 0.2) is 53.7 Å². The van der Waals surface area contributed by atoms with Gasteiger partial charge in [0.25, 0.3) is 5.91 Å². The van der Waals surface area contributed by atoms with Crippen molar-refractivity contribution in [2.75, 3.05) is 20.2 Å². The van der Waals surface area contributed by atoms with E-state index in [1.807, 2.05) is 6.07 Å². The highest BCUT2D eigenvalue weighted by molar-refractivity contribution is 7.89. The van der Waals surface area contributed by atoms with Crippen LogP contribution in [0.4, 0.5) is 0 Å². The van der Waals surface area contributed by atoms with Gasteiger partial charge in [-0.2, -0.15) is 0 Å². The van der Waals surface area contributed by atoms with Gasteiger partial charge >= 0.3 is 0 Å². The molecule has 27 heavy (non-hydrogen) atoms. The number of hydrogen-bond donors (Lipinski definition) is 1. The Morgan fingerprint density at radius 3 is 2.89 bits per heavy atom. The van der Waals surface area contributed by atoms with Crippen LogP contribution >= 0.6 is 0 Å². The van der Waals surface area contributed by atoms with Gasteiger partial charge in [-0.15, -0.1) is 0 Å². The van der Waals surface area contributed by atoms with Gasteiger partial charge in [-0.05, 0) is 42.7 Å². The van der Waals surface area contributed by atoms with Crippen molar-refractivity contribution in [2.24, 2.45) is 0 Å². The molecule has 2 heterocycles. The van der Waals surface area contributed by atoms with Crippen LogP contribution in [0, 0.1) is 0 Å². The zero-order valence-electron chi connectivity index (χ0n) is 15.2. The van der Waals surface area contributed by atoms with Gasteiger partial charge in [0, 0.05) is 44.7 Å². The van der Waals surface area contributed by atoms with Crippen LogP contribution in [0.25, 0.3) is 0 Å². The van der Waals surface area contributed by atoms with Crippen LogP contribution < -0.4 is 4.72 Å². The molecule has 3 rings (SSSR count). The van der Waals surface area contributed by atoms with Gasteiger partial charge in [0.05, 0.1) is 11.0 Å². The zero-order valence-corrected chi connectivity index (χ0v) is 16.0. The molecule has 1 fully saturated rings. The summed E-state index contributed by atoms with van der Waals surface area (Å²) in [7, 11) is -2.03. The highest BCUT2D eigenvalue weighted by atomic mass is 32.2. The number of hydrogen-bond acceptors (Lipinski definition) is 5. The molecule has 1 aliphatic heterocycles. The summed E-state index contributed by atoms with van der Waals surface area (Å²) >= 11 is 0. The number of carbonyl (C=O) groups excluding carboxylic acids is 1. The SMILES string of the molecule is CN(Cc1cccnc1)C(=O)c1cccc(S(=O)(=O)NC[C@H]2CCCO2)c1. The van der Waals surface area contributed by atoms with Crippen LogP contribution in [0.5, 0.6) is 0 Å². The van der Waals surface area contributed by atoms with E-state index in [1.54, 1.807) is 37.6 Å². The Bertz CT molecular complexity index is 881.